The third-order valence-corrected chi connectivity index (χ3v) is 5.99. The fraction of sp³-hybridized carbons (Fsp3) is 0.571. The summed E-state index contributed by atoms with van der Waals surface area (Å²) in [6.07, 6.45) is -2.35. The molecule has 0 spiro atoms. The Morgan fingerprint density at radius 1 is 1.03 bits per heavy atom. The van der Waals surface area contributed by atoms with Gasteiger partial charge in [-0.25, -0.2) is 14.4 Å². The number of halogens is 1. The number of carbonyl (C=O) groups excluding carboxylic acids is 2. The van der Waals surface area contributed by atoms with Gasteiger partial charge in [0.15, 0.2) is 0 Å². The van der Waals surface area contributed by atoms with Crippen LogP contribution in [0.15, 0.2) is 24.3 Å². The normalized spacial score (nSPS) is 25.6. The molecule has 0 saturated carbocycles. The van der Waals surface area contributed by atoms with E-state index < -0.39 is 45.9 Å². The van der Waals surface area contributed by atoms with Gasteiger partial charge in [0, 0.05) is 6.42 Å². The molecule has 0 radical (unpaired) electrons. The maximum atomic E-state index is 13.2. The second-order valence-electron chi connectivity index (χ2n) is 9.55. The molecule has 1 aromatic carbocycles. The van der Waals surface area contributed by atoms with E-state index in [0.29, 0.717) is 5.69 Å². The maximum Gasteiger partial charge on any atom is 0.416 e. The minimum absolute atomic E-state index is 0.0720. The molecule has 2 amide bonds. The van der Waals surface area contributed by atoms with E-state index in [1.165, 1.54) is 4.90 Å². The first-order valence-corrected chi connectivity index (χ1v) is 10.5. The lowest BCUT2D eigenvalue weighted by molar-refractivity contribution is -0.142. The summed E-state index contributed by atoms with van der Waals surface area (Å²) in [6, 6.07) is 5.98. The number of likely N-dealkylation sites (tertiary alicyclic amines) is 1. The molecule has 9 heteroatoms. The predicted molar refractivity (Wildman–Crippen MR) is 114 cm³/mol. The summed E-state index contributed by atoms with van der Waals surface area (Å²) in [4.78, 5) is 40.8. The fourth-order valence-corrected chi connectivity index (χ4v) is 4.95. The summed E-state index contributed by atoms with van der Waals surface area (Å²) in [7, 11) is 0. The molecule has 0 unspecified atom stereocenters. The van der Waals surface area contributed by atoms with Crippen LogP contribution in [0, 0.1) is 0 Å². The van der Waals surface area contributed by atoms with E-state index >= 15 is 0 Å². The highest BCUT2D eigenvalue weighted by atomic mass is 79.9. The Bertz CT molecular complexity index is 890. The van der Waals surface area contributed by atoms with Gasteiger partial charge in [-0.3, -0.25) is 9.80 Å². The summed E-state index contributed by atoms with van der Waals surface area (Å²) in [5.74, 6) is -1.17. The molecule has 0 aromatic heterocycles. The highest BCUT2D eigenvalue weighted by molar-refractivity contribution is 9.09. The second kappa shape index (κ2) is 7.14. The summed E-state index contributed by atoms with van der Waals surface area (Å²) >= 11 is 3.69. The average molecular weight is 483 g/mol. The number of hydrogen-bond donors (Lipinski definition) is 1. The largest absolute Gasteiger partial charge is 0.480 e. The highest BCUT2D eigenvalue weighted by Crippen LogP contribution is 2.58. The van der Waals surface area contributed by atoms with Crippen LogP contribution in [0.4, 0.5) is 15.3 Å². The van der Waals surface area contributed by atoms with Crippen molar-refractivity contribution in [1.82, 2.24) is 4.90 Å². The molecule has 0 aliphatic carbocycles. The van der Waals surface area contributed by atoms with Crippen LogP contribution in [0.3, 0.4) is 0 Å². The molecule has 1 aromatic rings. The number of benzene rings is 1. The Morgan fingerprint density at radius 2 is 1.57 bits per heavy atom. The number of ether oxygens (including phenoxy) is 2. The number of anilines is 1. The lowest BCUT2D eigenvalue weighted by Crippen LogP contribution is -2.56. The molecule has 3 rings (SSSR count). The number of para-hydroxylation sites is 1. The highest BCUT2D eigenvalue weighted by Gasteiger charge is 2.65. The fourth-order valence-electron chi connectivity index (χ4n) is 3.88. The number of fused-ring (bicyclic) bond motifs is 3. The Kier molecular flexibility index (Phi) is 5.33. The molecule has 8 nitrogen and oxygen atoms in total. The minimum atomic E-state index is -1.18. The summed E-state index contributed by atoms with van der Waals surface area (Å²) in [6.45, 7) is 10.3. The van der Waals surface area contributed by atoms with Gasteiger partial charge in [-0.05, 0) is 53.2 Å². The van der Waals surface area contributed by atoms with Crippen LogP contribution in [-0.4, -0.2) is 51.6 Å². The van der Waals surface area contributed by atoms with E-state index in [9.17, 15) is 19.5 Å². The number of alkyl halides is 1. The van der Waals surface area contributed by atoms with Crippen molar-refractivity contribution in [3.8, 4) is 0 Å². The minimum Gasteiger partial charge on any atom is -0.480 e. The van der Waals surface area contributed by atoms with Crippen molar-refractivity contribution in [2.45, 2.75) is 75.7 Å². The van der Waals surface area contributed by atoms with Crippen LogP contribution in [-0.2, 0) is 18.6 Å². The molecule has 164 valence electrons. The molecule has 3 atom stereocenters. The molecule has 2 heterocycles. The van der Waals surface area contributed by atoms with Crippen molar-refractivity contribution >= 4 is 39.8 Å². The van der Waals surface area contributed by atoms with E-state index in [4.69, 9.17) is 9.47 Å². The van der Waals surface area contributed by atoms with Crippen molar-refractivity contribution < 1.29 is 29.0 Å². The van der Waals surface area contributed by atoms with Gasteiger partial charge >= 0.3 is 18.2 Å². The first-order chi connectivity index (χ1) is 13.7. The number of rotatable bonds is 1. The van der Waals surface area contributed by atoms with Gasteiger partial charge in [-0.1, -0.05) is 34.1 Å². The Hall–Kier alpha value is -2.29. The summed E-state index contributed by atoms with van der Waals surface area (Å²) in [5.41, 5.74) is -0.324. The van der Waals surface area contributed by atoms with Crippen LogP contribution in [0.25, 0.3) is 0 Å². The molecule has 2 aliphatic rings. The van der Waals surface area contributed by atoms with Crippen LogP contribution in [0.5, 0.6) is 0 Å². The summed E-state index contributed by atoms with van der Waals surface area (Å²) < 4.78 is 10.1. The van der Waals surface area contributed by atoms with Crippen molar-refractivity contribution in [3.05, 3.63) is 29.8 Å². The van der Waals surface area contributed by atoms with E-state index in [0.717, 1.165) is 10.5 Å². The zero-order valence-electron chi connectivity index (χ0n) is 17.9. The number of carboxylic acids is 1. The molecule has 1 fully saturated rings. The zero-order valence-corrected chi connectivity index (χ0v) is 19.5. The van der Waals surface area contributed by atoms with Gasteiger partial charge in [0.05, 0.1) is 10.0 Å². The molecular weight excluding hydrogens is 456 g/mol. The molecule has 0 bridgehead atoms. The monoisotopic (exact) mass is 482 g/mol. The number of nitrogens with zero attached hydrogens (tertiary/aromatic N) is 2. The molecule has 30 heavy (non-hydrogen) atoms. The van der Waals surface area contributed by atoms with Crippen molar-refractivity contribution in [2.75, 3.05) is 4.90 Å². The van der Waals surface area contributed by atoms with E-state index in [1.54, 1.807) is 53.7 Å². The summed E-state index contributed by atoms with van der Waals surface area (Å²) in [5, 5.41) is 9.85. The van der Waals surface area contributed by atoms with E-state index in [1.807, 2.05) is 12.1 Å². The predicted octanol–water partition coefficient (Wildman–Crippen LogP) is 4.45. The van der Waals surface area contributed by atoms with Gasteiger partial charge in [-0.15, -0.1) is 0 Å². The maximum absolute atomic E-state index is 13.2. The lowest BCUT2D eigenvalue weighted by atomic mass is 9.96. The van der Waals surface area contributed by atoms with Crippen LogP contribution >= 0.6 is 15.9 Å². The van der Waals surface area contributed by atoms with Gasteiger partial charge in [0.1, 0.15) is 23.4 Å². The van der Waals surface area contributed by atoms with Gasteiger partial charge in [0.25, 0.3) is 0 Å². The van der Waals surface area contributed by atoms with Crippen molar-refractivity contribution in [3.63, 3.8) is 0 Å². The Morgan fingerprint density at radius 3 is 2.10 bits per heavy atom. The number of amides is 2. The smallest absolute Gasteiger partial charge is 0.416 e. The van der Waals surface area contributed by atoms with Gasteiger partial charge in [0.2, 0.25) is 0 Å². The number of aliphatic carboxylic acids is 1. The Labute approximate surface area is 184 Å². The molecule has 1 saturated heterocycles. The SMILES string of the molecule is CC(C)(C)OC(=O)N1c2ccccc2[C@@]2(Br)C[C@@H](C(=O)O)N(C(=O)OC(C)(C)C)[C@@H]12. The van der Waals surface area contributed by atoms with E-state index in [2.05, 4.69) is 15.9 Å². The first kappa shape index (κ1) is 22.4. The number of hydrogen-bond acceptors (Lipinski definition) is 5. The number of carboxylic acid groups (broad SMARTS) is 1. The van der Waals surface area contributed by atoms with Crippen molar-refractivity contribution in [1.29, 1.82) is 0 Å². The Balaban J connectivity index is 2.14. The van der Waals surface area contributed by atoms with E-state index in [-0.39, 0.29) is 6.42 Å². The molecule has 2 aliphatic heterocycles. The van der Waals surface area contributed by atoms with Crippen LogP contribution in [0.2, 0.25) is 0 Å². The zero-order chi connectivity index (χ0) is 22.6. The standard InChI is InChI=1S/C21H27BrN2O6/c1-19(2,3)29-17(27)23-13-10-8-7-9-12(13)21(22)11-14(15(25)26)24(16(21)23)18(28)30-20(4,5)6/h7-10,14,16H,11H2,1-6H3,(H,25,26)/t14-,16+,21-/m0/s1. The third kappa shape index (κ3) is 3.87. The van der Waals surface area contributed by atoms with Gasteiger partial charge < -0.3 is 14.6 Å². The van der Waals surface area contributed by atoms with Crippen LogP contribution in [0.1, 0.15) is 53.5 Å². The van der Waals surface area contributed by atoms with Crippen LogP contribution < -0.4 is 4.90 Å². The third-order valence-electron chi connectivity index (χ3n) is 4.83. The van der Waals surface area contributed by atoms with Gasteiger partial charge in [-0.2, -0.15) is 0 Å². The molecule has 1 N–H and O–H groups in total. The second-order valence-corrected chi connectivity index (χ2v) is 11.0. The first-order valence-electron chi connectivity index (χ1n) is 9.70. The number of carbonyl (C=O) groups is 3. The topological polar surface area (TPSA) is 96.4 Å². The molecular formula is C21H27BrN2O6. The lowest BCUT2D eigenvalue weighted by Gasteiger charge is -2.37. The van der Waals surface area contributed by atoms with Crippen molar-refractivity contribution in [2.24, 2.45) is 0 Å². The quantitative estimate of drug-likeness (QED) is 0.593. The average Bonchev–Trinajstić information content (AvgIpc) is 2.99.